The van der Waals surface area contributed by atoms with Gasteiger partial charge in [-0.2, -0.15) is 0 Å². The van der Waals surface area contributed by atoms with E-state index in [1.807, 2.05) is 18.2 Å². The molecule has 2 rings (SSSR count). The van der Waals surface area contributed by atoms with Gasteiger partial charge in [0.15, 0.2) is 0 Å². The van der Waals surface area contributed by atoms with Gasteiger partial charge in [-0.15, -0.1) is 0 Å². The van der Waals surface area contributed by atoms with Crippen molar-refractivity contribution in [2.45, 2.75) is 5.33 Å². The van der Waals surface area contributed by atoms with E-state index in [9.17, 15) is 10.1 Å². The zero-order valence-corrected chi connectivity index (χ0v) is 11.6. The highest BCUT2D eigenvalue weighted by Crippen LogP contribution is 2.27. The highest BCUT2D eigenvalue weighted by molar-refractivity contribution is 9.08. The molecule has 0 N–H and O–H groups in total. The van der Waals surface area contributed by atoms with Gasteiger partial charge in [0.1, 0.15) is 0 Å². The molecule has 0 fully saturated rings. The molecule has 0 saturated carbocycles. The van der Waals surface area contributed by atoms with Gasteiger partial charge in [-0.05, 0) is 34.9 Å². The molecule has 0 aromatic heterocycles. The first-order valence-electron chi connectivity index (χ1n) is 5.20. The number of rotatable bonds is 3. The Labute approximate surface area is 118 Å². The van der Waals surface area contributed by atoms with E-state index in [2.05, 4.69) is 15.9 Å². The molecule has 0 heterocycles. The van der Waals surface area contributed by atoms with Gasteiger partial charge in [-0.1, -0.05) is 39.7 Å². The van der Waals surface area contributed by atoms with Crippen molar-refractivity contribution >= 4 is 33.2 Å². The van der Waals surface area contributed by atoms with Gasteiger partial charge in [0.25, 0.3) is 5.69 Å². The second-order valence-corrected chi connectivity index (χ2v) is 4.78. The predicted molar refractivity (Wildman–Crippen MR) is 76.2 cm³/mol. The highest BCUT2D eigenvalue weighted by Gasteiger charge is 2.10. The third-order valence-electron chi connectivity index (χ3n) is 2.52. The van der Waals surface area contributed by atoms with E-state index >= 15 is 0 Å². The molecule has 2 aromatic rings. The maximum atomic E-state index is 10.9. The van der Waals surface area contributed by atoms with Crippen LogP contribution in [0.4, 0.5) is 5.69 Å². The van der Waals surface area contributed by atoms with Crippen LogP contribution < -0.4 is 0 Å². The smallest absolute Gasteiger partial charge is 0.258 e. The SMILES string of the molecule is O=[N+]([O-])c1cc(CBr)cc(-c2ccc(Cl)cc2)c1. The summed E-state index contributed by atoms with van der Waals surface area (Å²) < 4.78 is 0. The summed E-state index contributed by atoms with van der Waals surface area (Å²) in [5, 5.41) is 12.1. The first-order valence-corrected chi connectivity index (χ1v) is 6.70. The van der Waals surface area contributed by atoms with E-state index in [-0.39, 0.29) is 10.6 Å². The minimum absolute atomic E-state index is 0.0944. The predicted octanol–water partition coefficient (Wildman–Crippen LogP) is 4.81. The maximum Gasteiger partial charge on any atom is 0.270 e. The second-order valence-electron chi connectivity index (χ2n) is 3.79. The van der Waals surface area contributed by atoms with Crippen LogP contribution in [0, 0.1) is 10.1 Å². The third-order valence-corrected chi connectivity index (χ3v) is 3.42. The first-order chi connectivity index (χ1) is 8.60. The minimum atomic E-state index is -0.383. The molecule has 0 radical (unpaired) electrons. The fourth-order valence-electron chi connectivity index (χ4n) is 1.67. The van der Waals surface area contributed by atoms with Crippen molar-refractivity contribution in [3.05, 3.63) is 63.2 Å². The van der Waals surface area contributed by atoms with E-state index in [0.29, 0.717) is 10.4 Å². The van der Waals surface area contributed by atoms with Crippen molar-refractivity contribution in [3.63, 3.8) is 0 Å². The van der Waals surface area contributed by atoms with Crippen molar-refractivity contribution in [2.75, 3.05) is 0 Å². The van der Waals surface area contributed by atoms with Gasteiger partial charge in [0.2, 0.25) is 0 Å². The summed E-state index contributed by atoms with van der Waals surface area (Å²) in [6.07, 6.45) is 0. The Hall–Kier alpha value is -1.39. The van der Waals surface area contributed by atoms with Crippen molar-refractivity contribution in [1.29, 1.82) is 0 Å². The normalized spacial score (nSPS) is 10.3. The number of halogens is 2. The van der Waals surface area contributed by atoms with Crippen LogP contribution in [0.3, 0.4) is 0 Å². The van der Waals surface area contributed by atoms with Crippen LogP contribution in [0.2, 0.25) is 5.02 Å². The molecule has 0 unspecified atom stereocenters. The Morgan fingerprint density at radius 1 is 1.11 bits per heavy atom. The number of hydrogen-bond acceptors (Lipinski definition) is 2. The van der Waals surface area contributed by atoms with Crippen LogP contribution in [0.15, 0.2) is 42.5 Å². The Morgan fingerprint density at radius 3 is 2.33 bits per heavy atom. The van der Waals surface area contributed by atoms with Gasteiger partial charge >= 0.3 is 0 Å². The Bertz CT molecular complexity index is 584. The fourth-order valence-corrected chi connectivity index (χ4v) is 2.12. The number of nitro benzene ring substituents is 1. The summed E-state index contributed by atoms with van der Waals surface area (Å²) in [5.74, 6) is 0. The van der Waals surface area contributed by atoms with Crippen LogP contribution >= 0.6 is 27.5 Å². The zero-order valence-electron chi connectivity index (χ0n) is 9.27. The minimum Gasteiger partial charge on any atom is -0.258 e. The summed E-state index contributed by atoms with van der Waals surface area (Å²) >= 11 is 9.14. The van der Waals surface area contributed by atoms with Gasteiger partial charge < -0.3 is 0 Å². The number of nitro groups is 1. The standard InChI is InChI=1S/C13H9BrClNO2/c14-8-9-5-11(7-13(6-9)16(17)18)10-1-3-12(15)4-2-10/h1-7H,8H2. The molecule has 0 amide bonds. The fraction of sp³-hybridized carbons (Fsp3) is 0.0769. The van der Waals surface area contributed by atoms with Crippen molar-refractivity contribution in [1.82, 2.24) is 0 Å². The number of benzene rings is 2. The molecule has 0 saturated heterocycles. The lowest BCUT2D eigenvalue weighted by atomic mass is 10.0. The molecule has 0 atom stereocenters. The lowest BCUT2D eigenvalue weighted by Crippen LogP contribution is -1.91. The van der Waals surface area contributed by atoms with Gasteiger partial charge in [0.05, 0.1) is 4.92 Å². The van der Waals surface area contributed by atoms with Gasteiger partial charge in [-0.3, -0.25) is 10.1 Å². The largest absolute Gasteiger partial charge is 0.270 e. The average Bonchev–Trinajstić information content (AvgIpc) is 2.39. The first kappa shape index (κ1) is 13.1. The summed E-state index contributed by atoms with van der Waals surface area (Å²) in [5.41, 5.74) is 2.69. The van der Waals surface area contributed by atoms with E-state index in [1.54, 1.807) is 24.3 Å². The summed E-state index contributed by atoms with van der Waals surface area (Å²) in [6.45, 7) is 0. The number of non-ortho nitro benzene ring substituents is 1. The van der Waals surface area contributed by atoms with E-state index in [4.69, 9.17) is 11.6 Å². The topological polar surface area (TPSA) is 43.1 Å². The molecule has 0 spiro atoms. The lowest BCUT2D eigenvalue weighted by Gasteiger charge is -2.04. The quantitative estimate of drug-likeness (QED) is 0.461. The Morgan fingerprint density at radius 2 is 1.78 bits per heavy atom. The van der Waals surface area contributed by atoms with Crippen LogP contribution in [-0.4, -0.2) is 4.92 Å². The molecule has 0 aliphatic rings. The van der Waals surface area contributed by atoms with Crippen molar-refractivity contribution < 1.29 is 4.92 Å². The summed E-state index contributed by atoms with van der Waals surface area (Å²) in [7, 11) is 0. The second kappa shape index (κ2) is 5.50. The number of alkyl halides is 1. The maximum absolute atomic E-state index is 10.9. The van der Waals surface area contributed by atoms with Crippen LogP contribution in [0.25, 0.3) is 11.1 Å². The summed E-state index contributed by atoms with van der Waals surface area (Å²) in [4.78, 5) is 10.5. The molecule has 92 valence electrons. The number of nitrogens with zero attached hydrogens (tertiary/aromatic N) is 1. The lowest BCUT2D eigenvalue weighted by molar-refractivity contribution is -0.384. The zero-order chi connectivity index (χ0) is 13.1. The average molecular weight is 327 g/mol. The van der Waals surface area contributed by atoms with Gasteiger partial charge in [0, 0.05) is 22.5 Å². The molecule has 0 aliphatic carbocycles. The van der Waals surface area contributed by atoms with Crippen LogP contribution in [-0.2, 0) is 5.33 Å². The summed E-state index contributed by atoms with van der Waals surface area (Å²) in [6, 6.07) is 12.3. The Kier molecular flexibility index (Phi) is 3.99. The van der Waals surface area contributed by atoms with Crippen LogP contribution in [0.5, 0.6) is 0 Å². The molecule has 0 aliphatic heterocycles. The molecule has 2 aromatic carbocycles. The molecule has 0 bridgehead atoms. The van der Waals surface area contributed by atoms with Crippen LogP contribution in [0.1, 0.15) is 5.56 Å². The van der Waals surface area contributed by atoms with E-state index < -0.39 is 0 Å². The third kappa shape index (κ3) is 2.89. The number of hydrogen-bond donors (Lipinski definition) is 0. The van der Waals surface area contributed by atoms with Gasteiger partial charge in [-0.25, -0.2) is 0 Å². The molecule has 5 heteroatoms. The molecule has 3 nitrogen and oxygen atoms in total. The Balaban J connectivity index is 2.52. The van der Waals surface area contributed by atoms with E-state index in [1.165, 1.54) is 0 Å². The molecule has 18 heavy (non-hydrogen) atoms. The molecular weight excluding hydrogens is 318 g/mol. The van der Waals surface area contributed by atoms with Crippen molar-refractivity contribution in [2.24, 2.45) is 0 Å². The van der Waals surface area contributed by atoms with Crippen molar-refractivity contribution in [3.8, 4) is 11.1 Å². The highest BCUT2D eigenvalue weighted by atomic mass is 79.9. The monoisotopic (exact) mass is 325 g/mol. The van der Waals surface area contributed by atoms with E-state index in [0.717, 1.165) is 16.7 Å². The molecular formula is C13H9BrClNO2.